The average Bonchev–Trinajstić information content (AvgIpc) is 3.14. The summed E-state index contributed by atoms with van der Waals surface area (Å²) in [6.45, 7) is 0. The second-order valence-corrected chi connectivity index (χ2v) is 8.13. The Morgan fingerprint density at radius 2 is 1.97 bits per heavy atom. The van der Waals surface area contributed by atoms with E-state index in [2.05, 4.69) is 26.3 Å². The molecule has 4 aromatic rings. The third kappa shape index (κ3) is 3.37. The van der Waals surface area contributed by atoms with Crippen molar-refractivity contribution >= 4 is 39.3 Å². The van der Waals surface area contributed by atoms with Gasteiger partial charge in [-0.3, -0.25) is 9.59 Å². The average molecular weight is 421 g/mol. The van der Waals surface area contributed by atoms with Gasteiger partial charge in [0.1, 0.15) is 5.82 Å². The van der Waals surface area contributed by atoms with Crippen LogP contribution in [-0.2, 0) is 17.6 Å². The van der Waals surface area contributed by atoms with Crippen molar-refractivity contribution < 1.29 is 4.79 Å². The Kier molecular flexibility index (Phi) is 4.79. The molecule has 6 nitrogen and oxygen atoms in total. The Morgan fingerprint density at radius 3 is 2.87 bits per heavy atom. The molecule has 7 heteroatoms. The van der Waals surface area contributed by atoms with Gasteiger partial charge in [-0.05, 0) is 43.0 Å². The first kappa shape index (κ1) is 18.9. The number of amides is 1. The smallest absolute Gasteiger partial charge is 0.258 e. The fraction of sp³-hybridized carbons (Fsp3) is 0.261. The zero-order valence-electron chi connectivity index (χ0n) is 16.3. The molecule has 2 heterocycles. The molecular weight excluding hydrogens is 400 g/mol. The molecule has 0 unspecified atom stereocenters. The third-order valence-electron chi connectivity index (χ3n) is 5.78. The molecule has 1 amide bonds. The minimum atomic E-state index is -0.178. The molecule has 0 aliphatic heterocycles. The van der Waals surface area contributed by atoms with Crippen LogP contribution in [0.3, 0.4) is 0 Å². The van der Waals surface area contributed by atoms with E-state index in [1.807, 2.05) is 24.3 Å². The number of aryl methyl sites for hydroxylation is 2. The second kappa shape index (κ2) is 7.61. The number of hydrogen-bond donors (Lipinski definition) is 3. The number of carbonyl (C=O) groups excluding carboxylic acids is 1. The highest BCUT2D eigenvalue weighted by atomic mass is 35.5. The molecule has 0 radical (unpaired) electrons. The van der Waals surface area contributed by atoms with E-state index in [-0.39, 0.29) is 23.9 Å². The van der Waals surface area contributed by atoms with Crippen molar-refractivity contribution in [2.75, 3.05) is 0 Å². The van der Waals surface area contributed by atoms with E-state index in [1.54, 1.807) is 12.1 Å². The Labute approximate surface area is 177 Å². The van der Waals surface area contributed by atoms with E-state index >= 15 is 0 Å². The molecule has 1 atom stereocenters. The summed E-state index contributed by atoms with van der Waals surface area (Å²) >= 11 is 6.35. The van der Waals surface area contributed by atoms with Gasteiger partial charge in [-0.2, -0.15) is 0 Å². The lowest BCUT2D eigenvalue weighted by molar-refractivity contribution is -0.122. The summed E-state index contributed by atoms with van der Waals surface area (Å²) in [6.07, 6.45) is 3.51. The van der Waals surface area contributed by atoms with Gasteiger partial charge in [-0.1, -0.05) is 35.9 Å². The van der Waals surface area contributed by atoms with Crippen molar-refractivity contribution in [3.8, 4) is 0 Å². The summed E-state index contributed by atoms with van der Waals surface area (Å²) in [4.78, 5) is 35.5. The number of hydrogen-bond acceptors (Lipinski definition) is 3. The number of H-pyrrole nitrogens is 2. The molecule has 0 fully saturated rings. The maximum atomic E-state index is 12.7. The maximum absolute atomic E-state index is 12.7. The molecule has 0 saturated carbocycles. The fourth-order valence-electron chi connectivity index (χ4n) is 4.35. The minimum absolute atomic E-state index is 0.0617. The van der Waals surface area contributed by atoms with Gasteiger partial charge < -0.3 is 15.3 Å². The van der Waals surface area contributed by atoms with E-state index in [0.29, 0.717) is 28.2 Å². The Morgan fingerprint density at radius 1 is 1.13 bits per heavy atom. The van der Waals surface area contributed by atoms with Crippen molar-refractivity contribution in [3.63, 3.8) is 0 Å². The van der Waals surface area contributed by atoms with Crippen LogP contribution in [0.1, 0.15) is 42.4 Å². The van der Waals surface area contributed by atoms with Gasteiger partial charge >= 0.3 is 0 Å². The normalized spacial score (nSPS) is 16.0. The van der Waals surface area contributed by atoms with Crippen molar-refractivity contribution in [3.05, 3.63) is 74.9 Å². The van der Waals surface area contributed by atoms with Gasteiger partial charge in [0.25, 0.3) is 5.56 Å². The largest absolute Gasteiger partial charge is 0.355 e. The van der Waals surface area contributed by atoms with Crippen LogP contribution >= 0.6 is 11.6 Å². The van der Waals surface area contributed by atoms with E-state index in [4.69, 9.17) is 11.6 Å². The Hall–Kier alpha value is -3.12. The van der Waals surface area contributed by atoms with Crippen LogP contribution < -0.4 is 10.9 Å². The standard InChI is InChI=1S/C23H21ClN4O2/c24-16-8-3-6-13-14-7-4-10-18(22(14)28-21(13)16)26-20(29)12-11-19-25-17-9-2-1-5-15(17)23(30)27-19/h1-3,5-6,8-9,18,28H,4,7,10-12H2,(H,26,29)(H,25,27,30)/t18-/m0/s1. The van der Waals surface area contributed by atoms with Crippen LogP contribution in [0.5, 0.6) is 0 Å². The summed E-state index contributed by atoms with van der Waals surface area (Å²) in [5.74, 6) is 0.462. The van der Waals surface area contributed by atoms with Crippen LogP contribution in [0.4, 0.5) is 0 Å². The number of nitrogens with one attached hydrogen (secondary N) is 3. The molecule has 0 saturated heterocycles. The van der Waals surface area contributed by atoms with Crippen LogP contribution in [0.15, 0.2) is 47.3 Å². The van der Waals surface area contributed by atoms with Crippen LogP contribution in [-0.4, -0.2) is 20.9 Å². The van der Waals surface area contributed by atoms with E-state index in [9.17, 15) is 9.59 Å². The number of benzene rings is 2. The quantitative estimate of drug-likeness (QED) is 0.462. The number of halogens is 1. The molecule has 2 aromatic heterocycles. The van der Waals surface area contributed by atoms with Crippen molar-refractivity contribution in [1.82, 2.24) is 20.3 Å². The molecule has 2 aromatic carbocycles. The topological polar surface area (TPSA) is 90.6 Å². The second-order valence-electron chi connectivity index (χ2n) is 7.72. The number of para-hydroxylation sites is 2. The number of nitrogens with zero attached hydrogens (tertiary/aromatic N) is 1. The van der Waals surface area contributed by atoms with Crippen LogP contribution in [0.25, 0.3) is 21.8 Å². The summed E-state index contributed by atoms with van der Waals surface area (Å²) in [7, 11) is 0. The SMILES string of the molecule is O=C(CCc1nc2ccccc2c(=O)[nH]1)N[C@H]1CCCc2c1[nH]c1c(Cl)cccc21. The third-order valence-corrected chi connectivity index (χ3v) is 6.09. The van der Waals surface area contributed by atoms with Crippen molar-refractivity contribution in [2.24, 2.45) is 0 Å². The highest BCUT2D eigenvalue weighted by Gasteiger charge is 2.26. The molecule has 1 aliphatic rings. The monoisotopic (exact) mass is 420 g/mol. The predicted molar refractivity (Wildman–Crippen MR) is 118 cm³/mol. The number of aromatic nitrogens is 3. The highest BCUT2D eigenvalue weighted by molar-refractivity contribution is 6.35. The Balaban J connectivity index is 1.32. The number of carbonyl (C=O) groups is 1. The summed E-state index contributed by atoms with van der Waals surface area (Å²) in [6, 6.07) is 13.0. The Bertz CT molecular complexity index is 1320. The first-order valence-corrected chi connectivity index (χ1v) is 10.5. The first-order valence-electron chi connectivity index (χ1n) is 10.2. The van der Waals surface area contributed by atoms with Gasteiger partial charge in [0, 0.05) is 23.9 Å². The molecule has 152 valence electrons. The molecule has 5 rings (SSSR count). The minimum Gasteiger partial charge on any atom is -0.355 e. The van der Waals surface area contributed by atoms with E-state index in [1.165, 1.54) is 5.56 Å². The number of aromatic amines is 2. The van der Waals surface area contributed by atoms with E-state index < -0.39 is 0 Å². The zero-order chi connectivity index (χ0) is 20.7. The zero-order valence-corrected chi connectivity index (χ0v) is 17.1. The fourth-order valence-corrected chi connectivity index (χ4v) is 4.57. The molecule has 0 bridgehead atoms. The van der Waals surface area contributed by atoms with Gasteiger partial charge in [0.05, 0.1) is 27.5 Å². The molecule has 1 aliphatic carbocycles. The molecular formula is C23H21ClN4O2. The molecule has 0 spiro atoms. The van der Waals surface area contributed by atoms with Crippen molar-refractivity contribution in [1.29, 1.82) is 0 Å². The van der Waals surface area contributed by atoms with Crippen LogP contribution in [0, 0.1) is 0 Å². The lowest BCUT2D eigenvalue weighted by Gasteiger charge is -2.23. The van der Waals surface area contributed by atoms with Gasteiger partial charge in [-0.15, -0.1) is 0 Å². The molecule has 3 N–H and O–H groups in total. The van der Waals surface area contributed by atoms with Crippen molar-refractivity contribution in [2.45, 2.75) is 38.1 Å². The lowest BCUT2D eigenvalue weighted by Crippen LogP contribution is -2.31. The molecule has 30 heavy (non-hydrogen) atoms. The van der Waals surface area contributed by atoms with Gasteiger partial charge in [0.15, 0.2) is 0 Å². The summed E-state index contributed by atoms with van der Waals surface area (Å²) in [5, 5.41) is 5.52. The summed E-state index contributed by atoms with van der Waals surface area (Å²) in [5.41, 5.74) is 3.69. The van der Waals surface area contributed by atoms with E-state index in [0.717, 1.165) is 35.9 Å². The maximum Gasteiger partial charge on any atom is 0.258 e. The number of fused-ring (bicyclic) bond motifs is 4. The van der Waals surface area contributed by atoms with Gasteiger partial charge in [-0.25, -0.2) is 4.98 Å². The highest BCUT2D eigenvalue weighted by Crippen LogP contribution is 2.36. The number of rotatable bonds is 4. The van der Waals surface area contributed by atoms with Gasteiger partial charge in [0.2, 0.25) is 5.91 Å². The first-order chi connectivity index (χ1) is 14.6. The summed E-state index contributed by atoms with van der Waals surface area (Å²) < 4.78 is 0. The lowest BCUT2D eigenvalue weighted by atomic mass is 9.91. The predicted octanol–water partition coefficient (Wildman–Crippen LogP) is 4.18. The van der Waals surface area contributed by atoms with Crippen LogP contribution in [0.2, 0.25) is 5.02 Å².